The first-order valence-corrected chi connectivity index (χ1v) is 6.49. The number of nitrogens with zero attached hydrogens (tertiary/aromatic N) is 3. The van der Waals surface area contributed by atoms with E-state index in [1.807, 2.05) is 13.0 Å². The molecule has 96 valence electrons. The summed E-state index contributed by atoms with van der Waals surface area (Å²) in [6.45, 7) is 1.83. The lowest BCUT2D eigenvalue weighted by Crippen LogP contribution is -1.97. The zero-order valence-corrected chi connectivity index (χ0v) is 11.0. The van der Waals surface area contributed by atoms with E-state index in [0.717, 1.165) is 5.69 Å². The van der Waals surface area contributed by atoms with Gasteiger partial charge in [-0.15, -0.1) is 0 Å². The average molecular weight is 274 g/mol. The van der Waals surface area contributed by atoms with Gasteiger partial charge in [0.2, 0.25) is 0 Å². The van der Waals surface area contributed by atoms with Gasteiger partial charge in [-0.2, -0.15) is 5.26 Å². The van der Waals surface area contributed by atoms with Crippen LogP contribution >= 0.6 is 11.8 Å². The Morgan fingerprint density at radius 2 is 2.11 bits per heavy atom. The van der Waals surface area contributed by atoms with Gasteiger partial charge < -0.3 is 5.73 Å². The molecule has 2 rings (SSSR count). The number of nitrogens with two attached hydrogens (primary N) is 1. The van der Waals surface area contributed by atoms with Crippen LogP contribution in [0.15, 0.2) is 29.4 Å². The summed E-state index contributed by atoms with van der Waals surface area (Å²) in [7, 11) is 0. The predicted molar refractivity (Wildman–Crippen MR) is 71.9 cm³/mol. The molecule has 6 heteroatoms. The average Bonchev–Trinajstić information content (AvgIpc) is 2.34. The molecule has 1 aromatic carbocycles. The summed E-state index contributed by atoms with van der Waals surface area (Å²) < 4.78 is 13.3. The number of hydrogen-bond acceptors (Lipinski definition) is 5. The third-order valence-electron chi connectivity index (χ3n) is 2.31. The first kappa shape index (κ1) is 13.3. The van der Waals surface area contributed by atoms with E-state index in [9.17, 15) is 4.39 Å². The van der Waals surface area contributed by atoms with E-state index in [1.165, 1.54) is 23.9 Å². The fraction of sp³-hybridized carbons (Fsp3) is 0.154. The highest BCUT2D eigenvalue weighted by Gasteiger charge is 2.04. The zero-order chi connectivity index (χ0) is 13.8. The molecule has 0 fully saturated rings. The third-order valence-corrected chi connectivity index (χ3v) is 3.23. The van der Waals surface area contributed by atoms with Crippen molar-refractivity contribution in [2.75, 3.05) is 5.73 Å². The van der Waals surface area contributed by atoms with Crippen molar-refractivity contribution in [3.8, 4) is 6.07 Å². The molecule has 2 aromatic rings. The summed E-state index contributed by atoms with van der Waals surface area (Å²) in [6.07, 6.45) is 0. The van der Waals surface area contributed by atoms with Crippen LogP contribution in [0.25, 0.3) is 0 Å². The van der Waals surface area contributed by atoms with Gasteiger partial charge in [0, 0.05) is 17.5 Å². The summed E-state index contributed by atoms with van der Waals surface area (Å²) >= 11 is 1.35. The highest BCUT2D eigenvalue weighted by molar-refractivity contribution is 7.98. The maximum absolute atomic E-state index is 13.3. The molecule has 0 amide bonds. The number of hydrogen-bond donors (Lipinski definition) is 1. The summed E-state index contributed by atoms with van der Waals surface area (Å²) in [6, 6.07) is 7.85. The van der Waals surface area contributed by atoms with Gasteiger partial charge in [0.15, 0.2) is 5.16 Å². The minimum Gasteiger partial charge on any atom is -0.384 e. The molecule has 0 aliphatic carbocycles. The van der Waals surface area contributed by atoms with E-state index >= 15 is 0 Å². The van der Waals surface area contributed by atoms with E-state index < -0.39 is 5.82 Å². The lowest BCUT2D eigenvalue weighted by Gasteiger charge is -2.04. The summed E-state index contributed by atoms with van der Waals surface area (Å²) in [5.41, 5.74) is 7.43. The molecule has 0 saturated carbocycles. The van der Waals surface area contributed by atoms with E-state index in [2.05, 4.69) is 9.97 Å². The molecule has 1 heterocycles. The maximum atomic E-state index is 13.3. The van der Waals surface area contributed by atoms with Gasteiger partial charge in [-0.05, 0) is 30.7 Å². The van der Waals surface area contributed by atoms with Crippen LogP contribution in [0.2, 0.25) is 0 Å². The van der Waals surface area contributed by atoms with Crippen molar-refractivity contribution in [2.24, 2.45) is 0 Å². The Bertz CT molecular complexity index is 631. The van der Waals surface area contributed by atoms with Crippen molar-refractivity contribution in [3.63, 3.8) is 0 Å². The molecule has 4 nitrogen and oxygen atoms in total. The number of thioether (sulfide) groups is 1. The van der Waals surface area contributed by atoms with Gasteiger partial charge in [0.25, 0.3) is 0 Å². The SMILES string of the molecule is Cc1cc(N)nc(SCc2cc(F)cc(C#N)c2)n1. The highest BCUT2D eigenvalue weighted by Crippen LogP contribution is 2.21. The molecule has 0 bridgehead atoms. The molecular weight excluding hydrogens is 263 g/mol. The topological polar surface area (TPSA) is 75.6 Å². The fourth-order valence-electron chi connectivity index (χ4n) is 1.58. The van der Waals surface area contributed by atoms with Crippen LogP contribution in [0.3, 0.4) is 0 Å². The van der Waals surface area contributed by atoms with Crippen LogP contribution < -0.4 is 5.73 Å². The Labute approximate surface area is 114 Å². The van der Waals surface area contributed by atoms with Crippen molar-refractivity contribution in [3.05, 3.63) is 46.9 Å². The minimum absolute atomic E-state index is 0.306. The van der Waals surface area contributed by atoms with Crippen LogP contribution in [0.5, 0.6) is 0 Å². The van der Waals surface area contributed by atoms with Crippen molar-refractivity contribution in [2.45, 2.75) is 17.8 Å². The zero-order valence-electron chi connectivity index (χ0n) is 10.2. The molecule has 0 radical (unpaired) electrons. The van der Waals surface area contributed by atoms with Crippen molar-refractivity contribution in [1.29, 1.82) is 5.26 Å². The maximum Gasteiger partial charge on any atom is 0.190 e. The fourth-order valence-corrected chi connectivity index (χ4v) is 2.42. The Hall–Kier alpha value is -2.13. The highest BCUT2D eigenvalue weighted by atomic mass is 32.2. The first-order chi connectivity index (χ1) is 9.06. The molecular formula is C13H11FN4S. The van der Waals surface area contributed by atoms with Crippen molar-refractivity contribution >= 4 is 17.6 Å². The molecule has 1 aromatic heterocycles. The van der Waals surface area contributed by atoms with Gasteiger partial charge in [0.05, 0.1) is 11.6 Å². The van der Waals surface area contributed by atoms with E-state index in [1.54, 1.807) is 12.1 Å². The predicted octanol–water partition coefficient (Wildman–Crippen LogP) is 2.67. The normalized spacial score (nSPS) is 10.2. The lowest BCUT2D eigenvalue weighted by atomic mass is 10.1. The second-order valence-electron chi connectivity index (χ2n) is 3.97. The van der Waals surface area contributed by atoms with Gasteiger partial charge >= 0.3 is 0 Å². The molecule has 19 heavy (non-hydrogen) atoms. The largest absolute Gasteiger partial charge is 0.384 e. The minimum atomic E-state index is -0.417. The first-order valence-electron chi connectivity index (χ1n) is 5.50. The number of anilines is 1. The van der Waals surface area contributed by atoms with Gasteiger partial charge in [-0.1, -0.05) is 11.8 Å². The van der Waals surface area contributed by atoms with Crippen LogP contribution in [0, 0.1) is 24.1 Å². The monoisotopic (exact) mass is 274 g/mol. The molecule has 0 unspecified atom stereocenters. The van der Waals surface area contributed by atoms with E-state index in [4.69, 9.17) is 11.0 Å². The third kappa shape index (κ3) is 3.66. The lowest BCUT2D eigenvalue weighted by molar-refractivity contribution is 0.626. The Kier molecular flexibility index (Phi) is 3.97. The second kappa shape index (κ2) is 5.67. The summed E-state index contributed by atoms with van der Waals surface area (Å²) in [4.78, 5) is 8.31. The number of halogens is 1. The van der Waals surface area contributed by atoms with Crippen LogP contribution in [-0.2, 0) is 5.75 Å². The number of aryl methyl sites for hydroxylation is 1. The van der Waals surface area contributed by atoms with Crippen LogP contribution in [0.1, 0.15) is 16.8 Å². The number of benzene rings is 1. The van der Waals surface area contributed by atoms with Crippen LogP contribution in [0.4, 0.5) is 10.2 Å². The molecule has 0 atom stereocenters. The summed E-state index contributed by atoms with van der Waals surface area (Å²) in [5.74, 6) is 0.473. The van der Waals surface area contributed by atoms with E-state index in [-0.39, 0.29) is 0 Å². The molecule has 0 saturated heterocycles. The van der Waals surface area contributed by atoms with Gasteiger partial charge in [-0.25, -0.2) is 14.4 Å². The van der Waals surface area contributed by atoms with Gasteiger partial charge in [0.1, 0.15) is 11.6 Å². The van der Waals surface area contributed by atoms with Gasteiger partial charge in [-0.3, -0.25) is 0 Å². The smallest absolute Gasteiger partial charge is 0.190 e. The second-order valence-corrected chi connectivity index (χ2v) is 4.91. The molecule has 0 spiro atoms. The summed E-state index contributed by atoms with van der Waals surface area (Å²) in [5, 5.41) is 9.32. The number of nitriles is 1. The standard InChI is InChI=1S/C13H11FN4S/c1-8-2-12(16)18-13(17-8)19-7-10-3-9(6-15)4-11(14)5-10/h2-5H,7H2,1H3,(H2,16,17,18). The Morgan fingerprint density at radius 1 is 1.32 bits per heavy atom. The van der Waals surface area contributed by atoms with Crippen molar-refractivity contribution in [1.82, 2.24) is 9.97 Å². The quantitative estimate of drug-likeness (QED) is 0.688. The number of nitrogen functional groups attached to an aromatic ring is 1. The Morgan fingerprint density at radius 3 is 2.79 bits per heavy atom. The van der Waals surface area contributed by atoms with E-state index in [0.29, 0.717) is 27.9 Å². The van der Waals surface area contributed by atoms with Crippen molar-refractivity contribution < 1.29 is 4.39 Å². The molecule has 0 aliphatic heterocycles. The van der Waals surface area contributed by atoms with Crippen LogP contribution in [-0.4, -0.2) is 9.97 Å². The Balaban J connectivity index is 2.14. The number of rotatable bonds is 3. The number of aromatic nitrogens is 2. The molecule has 2 N–H and O–H groups in total. The molecule has 0 aliphatic rings.